The molecule has 0 aromatic heterocycles. The summed E-state index contributed by atoms with van der Waals surface area (Å²) in [6.45, 7) is 3.23. The minimum atomic E-state index is -0.0910. The fourth-order valence-corrected chi connectivity index (χ4v) is 2.85. The molecule has 1 N–H and O–H groups in total. The highest BCUT2D eigenvalue weighted by atomic mass is 16.5. The van der Waals surface area contributed by atoms with Crippen LogP contribution in [0.15, 0.2) is 48.5 Å². The third kappa shape index (κ3) is 3.30. The molecule has 114 valence electrons. The van der Waals surface area contributed by atoms with Crippen LogP contribution < -0.4 is 10.1 Å². The summed E-state index contributed by atoms with van der Waals surface area (Å²) in [7, 11) is 0. The van der Waals surface area contributed by atoms with Crippen molar-refractivity contribution in [1.82, 2.24) is 5.32 Å². The third-order valence-corrected chi connectivity index (χ3v) is 4.20. The zero-order valence-corrected chi connectivity index (χ0v) is 12.8. The molecule has 0 fully saturated rings. The van der Waals surface area contributed by atoms with Gasteiger partial charge < -0.3 is 10.1 Å². The smallest absolute Gasteiger partial charge is 0.226 e. The molecule has 2 aromatic rings. The van der Waals surface area contributed by atoms with Crippen molar-refractivity contribution >= 4 is 5.91 Å². The predicted octanol–water partition coefficient (Wildman–Crippen LogP) is 2.91. The summed E-state index contributed by atoms with van der Waals surface area (Å²) >= 11 is 0. The van der Waals surface area contributed by atoms with Gasteiger partial charge in [-0.1, -0.05) is 42.5 Å². The Labute approximate surface area is 131 Å². The molecule has 0 radical (unpaired) electrons. The van der Waals surface area contributed by atoms with Crippen molar-refractivity contribution in [2.75, 3.05) is 13.2 Å². The van der Waals surface area contributed by atoms with Crippen LogP contribution in [0.2, 0.25) is 0 Å². The molecule has 0 saturated heterocycles. The zero-order valence-electron chi connectivity index (χ0n) is 12.8. The normalized spacial score (nSPS) is 16.5. The summed E-state index contributed by atoms with van der Waals surface area (Å²) < 4.78 is 5.68. The molecule has 1 atom stereocenters. The maximum absolute atomic E-state index is 12.3. The van der Waals surface area contributed by atoms with Gasteiger partial charge in [0.25, 0.3) is 0 Å². The Kier molecular flexibility index (Phi) is 4.42. The molecule has 1 aliphatic rings. The van der Waals surface area contributed by atoms with Crippen molar-refractivity contribution in [3.8, 4) is 5.75 Å². The number of fused-ring (bicyclic) bond motifs is 1. The average Bonchev–Trinajstić information content (AvgIpc) is 2.56. The molecule has 0 saturated carbocycles. The highest BCUT2D eigenvalue weighted by molar-refractivity contribution is 5.79. The van der Waals surface area contributed by atoms with E-state index in [2.05, 4.69) is 24.4 Å². The first-order valence-corrected chi connectivity index (χ1v) is 7.77. The van der Waals surface area contributed by atoms with Crippen molar-refractivity contribution in [2.24, 2.45) is 5.92 Å². The Hall–Kier alpha value is -2.29. The van der Waals surface area contributed by atoms with Gasteiger partial charge in [0, 0.05) is 6.54 Å². The van der Waals surface area contributed by atoms with E-state index in [4.69, 9.17) is 4.74 Å². The van der Waals surface area contributed by atoms with E-state index >= 15 is 0 Å². The SMILES string of the molecule is Cc1ccccc1CCNC(=O)C1COc2ccccc2C1. The van der Waals surface area contributed by atoms with E-state index in [1.807, 2.05) is 36.4 Å². The number of para-hydroxylation sites is 1. The number of carbonyl (C=O) groups excluding carboxylic acids is 1. The van der Waals surface area contributed by atoms with E-state index in [-0.39, 0.29) is 11.8 Å². The number of nitrogens with one attached hydrogen (secondary N) is 1. The first-order valence-electron chi connectivity index (χ1n) is 7.77. The monoisotopic (exact) mass is 295 g/mol. The second kappa shape index (κ2) is 6.65. The van der Waals surface area contributed by atoms with Crippen LogP contribution in [0.4, 0.5) is 0 Å². The lowest BCUT2D eigenvalue weighted by Gasteiger charge is -2.24. The van der Waals surface area contributed by atoms with Gasteiger partial charge in [0.15, 0.2) is 0 Å². The number of carbonyl (C=O) groups is 1. The van der Waals surface area contributed by atoms with Crippen molar-refractivity contribution in [3.63, 3.8) is 0 Å². The van der Waals surface area contributed by atoms with E-state index in [1.54, 1.807) is 0 Å². The van der Waals surface area contributed by atoms with Gasteiger partial charge in [0.2, 0.25) is 5.91 Å². The van der Waals surface area contributed by atoms with Crippen molar-refractivity contribution < 1.29 is 9.53 Å². The molecule has 0 spiro atoms. The molecule has 3 heteroatoms. The van der Waals surface area contributed by atoms with E-state index in [0.29, 0.717) is 13.2 Å². The predicted molar refractivity (Wildman–Crippen MR) is 87.0 cm³/mol. The standard InChI is InChI=1S/C19H21NO2/c1-14-6-2-3-7-15(14)10-11-20-19(21)17-12-16-8-4-5-9-18(16)22-13-17/h2-9,17H,10-13H2,1H3,(H,20,21). The quantitative estimate of drug-likeness (QED) is 0.942. The molecule has 1 heterocycles. The summed E-state index contributed by atoms with van der Waals surface area (Å²) in [6.07, 6.45) is 1.62. The van der Waals surface area contributed by atoms with Gasteiger partial charge in [-0.15, -0.1) is 0 Å². The van der Waals surface area contributed by atoms with Crippen LogP contribution in [-0.4, -0.2) is 19.1 Å². The van der Waals surface area contributed by atoms with Gasteiger partial charge in [-0.25, -0.2) is 0 Å². The molecule has 2 aromatic carbocycles. The first kappa shape index (κ1) is 14.6. The Morgan fingerprint density at radius 1 is 1.18 bits per heavy atom. The fraction of sp³-hybridized carbons (Fsp3) is 0.316. The highest BCUT2D eigenvalue weighted by Crippen LogP contribution is 2.26. The summed E-state index contributed by atoms with van der Waals surface area (Å²) in [4.78, 5) is 12.3. The molecule has 1 aliphatic heterocycles. The molecule has 1 amide bonds. The Morgan fingerprint density at radius 2 is 1.95 bits per heavy atom. The van der Waals surface area contributed by atoms with E-state index in [1.165, 1.54) is 11.1 Å². The molecular weight excluding hydrogens is 274 g/mol. The Bertz CT molecular complexity index is 666. The molecule has 0 aliphatic carbocycles. The van der Waals surface area contributed by atoms with E-state index < -0.39 is 0 Å². The zero-order chi connectivity index (χ0) is 15.4. The number of hydrogen-bond acceptors (Lipinski definition) is 2. The number of benzene rings is 2. The largest absolute Gasteiger partial charge is 0.492 e. The van der Waals surface area contributed by atoms with Crippen LogP contribution in [-0.2, 0) is 17.6 Å². The van der Waals surface area contributed by atoms with E-state index in [9.17, 15) is 4.79 Å². The van der Waals surface area contributed by atoms with Gasteiger partial charge in [0.1, 0.15) is 12.4 Å². The number of amides is 1. The van der Waals surface area contributed by atoms with Crippen molar-refractivity contribution in [3.05, 3.63) is 65.2 Å². The number of rotatable bonds is 4. The minimum Gasteiger partial charge on any atom is -0.492 e. The molecule has 1 unspecified atom stereocenters. The number of ether oxygens (including phenoxy) is 1. The van der Waals surface area contributed by atoms with Gasteiger partial charge in [-0.3, -0.25) is 4.79 Å². The Balaban J connectivity index is 1.52. The molecular formula is C19H21NO2. The first-order chi connectivity index (χ1) is 10.7. The topological polar surface area (TPSA) is 38.3 Å². The average molecular weight is 295 g/mol. The third-order valence-electron chi connectivity index (χ3n) is 4.20. The molecule has 22 heavy (non-hydrogen) atoms. The van der Waals surface area contributed by atoms with Crippen LogP contribution in [0, 0.1) is 12.8 Å². The second-order valence-electron chi connectivity index (χ2n) is 5.79. The molecule has 3 rings (SSSR count). The number of hydrogen-bond donors (Lipinski definition) is 1. The van der Waals surface area contributed by atoms with Crippen LogP contribution in [0.25, 0.3) is 0 Å². The summed E-state index contributed by atoms with van der Waals surface area (Å²) in [5.74, 6) is 0.904. The van der Waals surface area contributed by atoms with E-state index in [0.717, 1.165) is 24.2 Å². The van der Waals surface area contributed by atoms with Gasteiger partial charge in [0.05, 0.1) is 5.92 Å². The fourth-order valence-electron chi connectivity index (χ4n) is 2.85. The lowest BCUT2D eigenvalue weighted by molar-refractivity contribution is -0.126. The lowest BCUT2D eigenvalue weighted by atomic mass is 9.96. The van der Waals surface area contributed by atoms with Crippen LogP contribution in [0.3, 0.4) is 0 Å². The lowest BCUT2D eigenvalue weighted by Crippen LogP contribution is -2.38. The highest BCUT2D eigenvalue weighted by Gasteiger charge is 2.25. The Morgan fingerprint density at radius 3 is 2.82 bits per heavy atom. The maximum atomic E-state index is 12.3. The van der Waals surface area contributed by atoms with Crippen LogP contribution >= 0.6 is 0 Å². The van der Waals surface area contributed by atoms with Gasteiger partial charge >= 0.3 is 0 Å². The van der Waals surface area contributed by atoms with Crippen LogP contribution in [0.5, 0.6) is 5.75 Å². The number of aryl methyl sites for hydroxylation is 1. The van der Waals surface area contributed by atoms with Crippen molar-refractivity contribution in [2.45, 2.75) is 19.8 Å². The summed E-state index contributed by atoms with van der Waals surface area (Å²) in [5.41, 5.74) is 3.67. The second-order valence-corrected chi connectivity index (χ2v) is 5.79. The molecule has 3 nitrogen and oxygen atoms in total. The van der Waals surface area contributed by atoms with Gasteiger partial charge in [-0.2, -0.15) is 0 Å². The van der Waals surface area contributed by atoms with Gasteiger partial charge in [-0.05, 0) is 42.5 Å². The summed E-state index contributed by atoms with van der Waals surface area (Å²) in [6, 6.07) is 16.2. The minimum absolute atomic E-state index is 0.0862. The maximum Gasteiger partial charge on any atom is 0.226 e. The summed E-state index contributed by atoms with van der Waals surface area (Å²) in [5, 5.41) is 3.04. The molecule has 0 bridgehead atoms. The van der Waals surface area contributed by atoms with Crippen molar-refractivity contribution in [1.29, 1.82) is 0 Å². The van der Waals surface area contributed by atoms with Crippen LogP contribution in [0.1, 0.15) is 16.7 Å².